The highest BCUT2D eigenvalue weighted by atomic mass is 19.2. The van der Waals surface area contributed by atoms with E-state index in [9.17, 15) is 17.6 Å². The molecule has 0 fully saturated rings. The molecule has 100 valence electrons. The van der Waals surface area contributed by atoms with E-state index in [2.05, 4.69) is 5.32 Å². The first-order chi connectivity index (χ1) is 9.04. The molecule has 2 aromatic rings. The van der Waals surface area contributed by atoms with Gasteiger partial charge in [-0.15, -0.1) is 0 Å². The van der Waals surface area contributed by atoms with Crippen molar-refractivity contribution in [1.29, 1.82) is 0 Å². The van der Waals surface area contributed by atoms with Crippen molar-refractivity contribution in [3.8, 4) is 11.1 Å². The summed E-state index contributed by atoms with van der Waals surface area (Å²) in [6.07, 6.45) is 0. The van der Waals surface area contributed by atoms with Gasteiger partial charge in [-0.1, -0.05) is 12.1 Å². The third-order valence-corrected chi connectivity index (χ3v) is 2.74. The molecule has 0 spiro atoms. The van der Waals surface area contributed by atoms with Gasteiger partial charge in [0.2, 0.25) is 0 Å². The molecular formula is C14H11F4N. The number of hydrogen-bond acceptors (Lipinski definition) is 1. The molecule has 0 amide bonds. The van der Waals surface area contributed by atoms with Crippen LogP contribution >= 0.6 is 0 Å². The van der Waals surface area contributed by atoms with E-state index in [4.69, 9.17) is 0 Å². The Morgan fingerprint density at radius 2 is 1.53 bits per heavy atom. The first kappa shape index (κ1) is 13.5. The number of benzene rings is 2. The minimum atomic E-state index is -1.60. The summed E-state index contributed by atoms with van der Waals surface area (Å²) in [6, 6.07) is 5.96. The zero-order valence-corrected chi connectivity index (χ0v) is 10.1. The van der Waals surface area contributed by atoms with Crippen LogP contribution in [-0.4, -0.2) is 7.05 Å². The van der Waals surface area contributed by atoms with Crippen LogP contribution in [0.2, 0.25) is 0 Å². The zero-order chi connectivity index (χ0) is 14.0. The monoisotopic (exact) mass is 269 g/mol. The van der Waals surface area contributed by atoms with Crippen molar-refractivity contribution >= 4 is 0 Å². The van der Waals surface area contributed by atoms with E-state index in [0.717, 1.165) is 12.1 Å². The quantitative estimate of drug-likeness (QED) is 0.662. The second kappa shape index (κ2) is 5.40. The molecule has 0 saturated heterocycles. The van der Waals surface area contributed by atoms with Gasteiger partial charge in [-0.3, -0.25) is 0 Å². The Hall–Kier alpha value is -1.88. The fourth-order valence-corrected chi connectivity index (χ4v) is 1.83. The van der Waals surface area contributed by atoms with Crippen molar-refractivity contribution in [3.63, 3.8) is 0 Å². The topological polar surface area (TPSA) is 12.0 Å². The van der Waals surface area contributed by atoms with Gasteiger partial charge in [0.1, 0.15) is 5.82 Å². The van der Waals surface area contributed by atoms with E-state index in [1.807, 2.05) is 0 Å². The molecular weight excluding hydrogens is 258 g/mol. The summed E-state index contributed by atoms with van der Waals surface area (Å²) in [5, 5.41) is 2.85. The molecule has 2 rings (SSSR count). The number of hydrogen-bond donors (Lipinski definition) is 1. The summed E-state index contributed by atoms with van der Waals surface area (Å²) in [5.74, 6) is -4.97. The summed E-state index contributed by atoms with van der Waals surface area (Å²) >= 11 is 0. The molecule has 0 radical (unpaired) electrons. The van der Waals surface area contributed by atoms with E-state index < -0.39 is 23.3 Å². The van der Waals surface area contributed by atoms with Gasteiger partial charge in [0.15, 0.2) is 17.5 Å². The molecule has 0 heterocycles. The highest BCUT2D eigenvalue weighted by molar-refractivity contribution is 5.65. The highest BCUT2D eigenvalue weighted by Gasteiger charge is 2.17. The van der Waals surface area contributed by atoms with E-state index in [-0.39, 0.29) is 11.1 Å². The predicted octanol–water partition coefficient (Wildman–Crippen LogP) is 3.63. The molecule has 1 N–H and O–H groups in total. The van der Waals surface area contributed by atoms with Crippen LogP contribution in [0, 0.1) is 23.3 Å². The van der Waals surface area contributed by atoms with Crippen LogP contribution in [-0.2, 0) is 6.54 Å². The molecule has 0 unspecified atom stereocenters. The van der Waals surface area contributed by atoms with Crippen LogP contribution < -0.4 is 5.32 Å². The smallest absolute Gasteiger partial charge is 0.195 e. The lowest BCUT2D eigenvalue weighted by Gasteiger charge is -2.08. The van der Waals surface area contributed by atoms with Crippen molar-refractivity contribution in [2.45, 2.75) is 6.54 Å². The van der Waals surface area contributed by atoms with Crippen molar-refractivity contribution in [1.82, 2.24) is 5.32 Å². The molecule has 1 nitrogen and oxygen atoms in total. The second-order valence-corrected chi connectivity index (χ2v) is 4.07. The van der Waals surface area contributed by atoms with Gasteiger partial charge in [-0.05, 0) is 30.8 Å². The van der Waals surface area contributed by atoms with Crippen LogP contribution in [0.5, 0.6) is 0 Å². The van der Waals surface area contributed by atoms with Gasteiger partial charge < -0.3 is 5.32 Å². The maximum absolute atomic E-state index is 13.9. The number of halogens is 4. The Bertz CT molecular complexity index is 611. The molecule has 0 bridgehead atoms. The molecule has 0 aliphatic carbocycles. The van der Waals surface area contributed by atoms with E-state index >= 15 is 0 Å². The van der Waals surface area contributed by atoms with E-state index in [0.29, 0.717) is 12.1 Å². The summed E-state index contributed by atoms with van der Waals surface area (Å²) < 4.78 is 53.4. The van der Waals surface area contributed by atoms with Crippen molar-refractivity contribution in [2.24, 2.45) is 0 Å². The summed E-state index contributed by atoms with van der Waals surface area (Å²) in [6.45, 7) is 0.456. The SMILES string of the molecule is CNCc1ccc(-c2ccc(F)c(F)c2F)c(F)c1. The Labute approximate surface area is 107 Å². The lowest BCUT2D eigenvalue weighted by atomic mass is 10.0. The van der Waals surface area contributed by atoms with Crippen molar-refractivity contribution in [2.75, 3.05) is 7.05 Å². The Kier molecular flexibility index (Phi) is 3.85. The van der Waals surface area contributed by atoms with Gasteiger partial charge in [-0.25, -0.2) is 17.6 Å². The van der Waals surface area contributed by atoms with Gasteiger partial charge in [0.25, 0.3) is 0 Å². The molecule has 0 aliphatic heterocycles. The van der Waals surface area contributed by atoms with E-state index in [1.54, 1.807) is 13.1 Å². The van der Waals surface area contributed by atoms with Crippen LogP contribution in [0.4, 0.5) is 17.6 Å². The third-order valence-electron chi connectivity index (χ3n) is 2.74. The highest BCUT2D eigenvalue weighted by Crippen LogP contribution is 2.28. The maximum Gasteiger partial charge on any atom is 0.195 e. The van der Waals surface area contributed by atoms with Gasteiger partial charge in [0.05, 0.1) is 0 Å². The lowest BCUT2D eigenvalue weighted by Crippen LogP contribution is -2.05. The first-order valence-electron chi connectivity index (χ1n) is 5.61. The average Bonchev–Trinajstić information content (AvgIpc) is 2.38. The fourth-order valence-electron chi connectivity index (χ4n) is 1.83. The second-order valence-electron chi connectivity index (χ2n) is 4.07. The molecule has 0 saturated carbocycles. The average molecular weight is 269 g/mol. The molecule has 2 aromatic carbocycles. The molecule has 19 heavy (non-hydrogen) atoms. The van der Waals surface area contributed by atoms with Crippen molar-refractivity contribution < 1.29 is 17.6 Å². The molecule has 0 aliphatic rings. The number of rotatable bonds is 3. The van der Waals surface area contributed by atoms with Crippen LogP contribution in [0.15, 0.2) is 30.3 Å². The summed E-state index contributed by atoms with van der Waals surface area (Å²) in [7, 11) is 1.71. The Morgan fingerprint density at radius 3 is 2.16 bits per heavy atom. The standard InChI is InChI=1S/C14H11F4N/c1-19-7-8-2-3-9(12(16)6-8)10-4-5-11(15)14(18)13(10)17/h2-6,19H,7H2,1H3. The van der Waals surface area contributed by atoms with Crippen molar-refractivity contribution in [3.05, 3.63) is 59.2 Å². The zero-order valence-electron chi connectivity index (χ0n) is 10.1. The van der Waals surface area contributed by atoms with Gasteiger partial charge >= 0.3 is 0 Å². The molecule has 0 atom stereocenters. The Balaban J connectivity index is 2.51. The summed E-state index contributed by atoms with van der Waals surface area (Å²) in [5.41, 5.74) is 0.274. The Morgan fingerprint density at radius 1 is 0.842 bits per heavy atom. The summed E-state index contributed by atoms with van der Waals surface area (Å²) in [4.78, 5) is 0. The van der Waals surface area contributed by atoms with Crippen LogP contribution in [0.3, 0.4) is 0 Å². The first-order valence-corrected chi connectivity index (χ1v) is 5.61. The third kappa shape index (κ3) is 2.61. The molecule has 5 heteroatoms. The fraction of sp³-hybridized carbons (Fsp3) is 0.143. The lowest BCUT2D eigenvalue weighted by molar-refractivity contribution is 0.448. The minimum absolute atomic E-state index is 0.101. The maximum atomic E-state index is 13.9. The predicted molar refractivity (Wildman–Crippen MR) is 64.5 cm³/mol. The van der Waals surface area contributed by atoms with Crippen LogP contribution in [0.25, 0.3) is 11.1 Å². The van der Waals surface area contributed by atoms with Gasteiger partial charge in [-0.2, -0.15) is 0 Å². The van der Waals surface area contributed by atoms with E-state index in [1.165, 1.54) is 12.1 Å². The number of nitrogens with one attached hydrogen (secondary N) is 1. The molecule has 0 aromatic heterocycles. The normalized spacial score (nSPS) is 10.8. The minimum Gasteiger partial charge on any atom is -0.316 e. The van der Waals surface area contributed by atoms with Crippen LogP contribution in [0.1, 0.15) is 5.56 Å². The van der Waals surface area contributed by atoms with Gasteiger partial charge in [0, 0.05) is 17.7 Å². The largest absolute Gasteiger partial charge is 0.316 e.